The van der Waals surface area contributed by atoms with Crippen LogP contribution < -0.4 is 0 Å². The first-order chi connectivity index (χ1) is 14.0. The molecule has 0 amide bonds. The Labute approximate surface area is 179 Å². The van der Waals surface area contributed by atoms with E-state index in [4.69, 9.17) is 14.5 Å². The summed E-state index contributed by atoms with van der Waals surface area (Å²) in [5.41, 5.74) is 1.02. The zero-order chi connectivity index (χ0) is 22.4. The number of carbonyl (C=O) groups excluding carboxylic acids is 2. The molecule has 0 heterocycles. The maximum Gasteiger partial charge on any atom is 0.309 e. The molecular formula is C25H32O5. The summed E-state index contributed by atoms with van der Waals surface area (Å²) in [5.74, 6) is -1.24. The molecule has 0 aliphatic rings. The van der Waals surface area contributed by atoms with Crippen LogP contribution in [0.3, 0.4) is 0 Å². The number of esters is 1. The average Bonchev–Trinajstić information content (AvgIpc) is 2.72. The summed E-state index contributed by atoms with van der Waals surface area (Å²) >= 11 is 0. The molecule has 5 heteroatoms. The number of benzene rings is 2. The Hall–Kier alpha value is -2.50. The molecule has 0 spiro atoms. The molecule has 0 saturated carbocycles. The minimum absolute atomic E-state index is 0.0248. The lowest BCUT2D eigenvalue weighted by molar-refractivity contribution is -0.408. The Kier molecular flexibility index (Phi) is 7.93. The first-order valence-corrected chi connectivity index (χ1v) is 10.1. The molecule has 2 unspecified atom stereocenters. The van der Waals surface area contributed by atoms with Gasteiger partial charge in [0, 0.05) is 12.0 Å². The van der Waals surface area contributed by atoms with Gasteiger partial charge in [0.15, 0.2) is 5.78 Å². The highest BCUT2D eigenvalue weighted by Crippen LogP contribution is 2.36. The first-order valence-electron chi connectivity index (χ1n) is 10.1. The van der Waals surface area contributed by atoms with Crippen molar-refractivity contribution in [1.82, 2.24) is 0 Å². The minimum Gasteiger partial charge on any atom is -0.469 e. The van der Waals surface area contributed by atoms with E-state index in [0.717, 1.165) is 11.1 Å². The largest absolute Gasteiger partial charge is 0.469 e. The van der Waals surface area contributed by atoms with Crippen LogP contribution in [0.15, 0.2) is 54.6 Å². The molecule has 0 N–H and O–H groups in total. The van der Waals surface area contributed by atoms with Crippen molar-refractivity contribution in [3.63, 3.8) is 0 Å². The fourth-order valence-corrected chi connectivity index (χ4v) is 3.16. The van der Waals surface area contributed by atoms with Gasteiger partial charge in [-0.3, -0.25) is 9.59 Å². The summed E-state index contributed by atoms with van der Waals surface area (Å²) in [7, 11) is 1.33. The van der Waals surface area contributed by atoms with Crippen LogP contribution in [0.4, 0.5) is 0 Å². The Morgan fingerprint density at radius 1 is 0.900 bits per heavy atom. The number of methoxy groups -OCH3 is 1. The van der Waals surface area contributed by atoms with E-state index in [2.05, 4.69) is 0 Å². The molecule has 30 heavy (non-hydrogen) atoms. The second-order valence-corrected chi connectivity index (χ2v) is 8.79. The zero-order valence-electron chi connectivity index (χ0n) is 18.7. The quantitative estimate of drug-likeness (QED) is 0.238. The van der Waals surface area contributed by atoms with Crippen LogP contribution in [-0.2, 0) is 24.9 Å². The van der Waals surface area contributed by atoms with Crippen molar-refractivity contribution in [1.29, 1.82) is 0 Å². The minimum atomic E-state index is -0.943. The van der Waals surface area contributed by atoms with E-state index in [0.29, 0.717) is 5.56 Å². The molecule has 2 rings (SSSR count). The molecule has 5 nitrogen and oxygen atoms in total. The molecule has 0 fully saturated rings. The van der Waals surface area contributed by atoms with E-state index < -0.39 is 23.1 Å². The van der Waals surface area contributed by atoms with Crippen molar-refractivity contribution >= 4 is 11.8 Å². The number of Topliss-reactive ketones (excluding diaryl/α,β-unsaturated/α-hetero) is 1. The van der Waals surface area contributed by atoms with Crippen molar-refractivity contribution in [2.75, 3.05) is 7.11 Å². The summed E-state index contributed by atoms with van der Waals surface area (Å²) in [6.45, 7) is 9.48. The molecule has 0 saturated heterocycles. The standard InChI is InChI=1S/C25H32O5/c1-18-12-14-19(15-13-18)22(26)16-20(23(27)28-6)17-25(5,30-29-24(2,3)4)21-10-8-7-9-11-21/h7-15,20H,16-17H2,1-6H3. The summed E-state index contributed by atoms with van der Waals surface area (Å²) in [6.07, 6.45) is 0.258. The van der Waals surface area contributed by atoms with Gasteiger partial charge < -0.3 is 4.74 Å². The maximum atomic E-state index is 12.8. The van der Waals surface area contributed by atoms with Gasteiger partial charge in [0.1, 0.15) is 5.60 Å². The molecule has 0 aromatic heterocycles. The van der Waals surface area contributed by atoms with E-state index in [1.807, 2.05) is 77.1 Å². The van der Waals surface area contributed by atoms with Crippen molar-refractivity contribution in [2.24, 2.45) is 5.92 Å². The topological polar surface area (TPSA) is 61.8 Å². The average molecular weight is 413 g/mol. The fourth-order valence-electron chi connectivity index (χ4n) is 3.16. The van der Waals surface area contributed by atoms with E-state index in [9.17, 15) is 9.59 Å². The molecule has 0 aliphatic heterocycles. The molecular weight excluding hydrogens is 380 g/mol. The maximum absolute atomic E-state index is 12.8. The highest BCUT2D eigenvalue weighted by atomic mass is 17.2. The zero-order valence-corrected chi connectivity index (χ0v) is 18.7. The number of ether oxygens (including phenoxy) is 1. The number of rotatable bonds is 9. The highest BCUT2D eigenvalue weighted by Gasteiger charge is 2.38. The van der Waals surface area contributed by atoms with Crippen molar-refractivity contribution < 1.29 is 24.1 Å². The van der Waals surface area contributed by atoms with Crippen LogP contribution in [0.5, 0.6) is 0 Å². The lowest BCUT2D eigenvalue weighted by Gasteiger charge is -2.34. The van der Waals surface area contributed by atoms with Crippen LogP contribution in [0.1, 0.15) is 62.0 Å². The summed E-state index contributed by atoms with van der Waals surface area (Å²) in [5, 5.41) is 0. The van der Waals surface area contributed by atoms with E-state index in [-0.39, 0.29) is 18.6 Å². The van der Waals surface area contributed by atoms with E-state index in [1.54, 1.807) is 12.1 Å². The second kappa shape index (κ2) is 10.0. The van der Waals surface area contributed by atoms with Gasteiger partial charge in [0.25, 0.3) is 0 Å². The van der Waals surface area contributed by atoms with Crippen LogP contribution in [0.25, 0.3) is 0 Å². The molecule has 0 aliphatic carbocycles. The molecule has 2 aromatic rings. The number of hydrogen-bond donors (Lipinski definition) is 0. The van der Waals surface area contributed by atoms with Gasteiger partial charge in [-0.1, -0.05) is 60.2 Å². The Bertz CT molecular complexity index is 836. The van der Waals surface area contributed by atoms with Gasteiger partial charge in [-0.2, -0.15) is 0 Å². The molecule has 0 bridgehead atoms. The van der Waals surface area contributed by atoms with Crippen molar-refractivity contribution in [3.8, 4) is 0 Å². The SMILES string of the molecule is COC(=O)C(CC(=O)c1ccc(C)cc1)CC(C)(OOC(C)(C)C)c1ccccc1. The second-order valence-electron chi connectivity index (χ2n) is 8.79. The van der Waals surface area contributed by atoms with Gasteiger partial charge >= 0.3 is 5.97 Å². The fraction of sp³-hybridized carbons (Fsp3) is 0.440. The Morgan fingerprint density at radius 2 is 1.50 bits per heavy atom. The summed E-state index contributed by atoms with van der Waals surface area (Å²) in [6, 6.07) is 16.9. The molecule has 2 aromatic carbocycles. The van der Waals surface area contributed by atoms with Crippen LogP contribution in [0.2, 0.25) is 0 Å². The third-order valence-corrected chi connectivity index (χ3v) is 4.84. The molecule has 0 radical (unpaired) electrons. The number of ketones is 1. The monoisotopic (exact) mass is 412 g/mol. The van der Waals surface area contributed by atoms with E-state index in [1.165, 1.54) is 7.11 Å². The van der Waals surface area contributed by atoms with Gasteiger partial charge in [0.05, 0.1) is 18.6 Å². The molecule has 162 valence electrons. The predicted octanol–water partition coefficient (Wildman–Crippen LogP) is 5.41. The summed E-state index contributed by atoms with van der Waals surface area (Å²) < 4.78 is 5.01. The lowest BCUT2D eigenvalue weighted by Crippen LogP contribution is -2.36. The lowest BCUT2D eigenvalue weighted by atomic mass is 9.83. The predicted molar refractivity (Wildman–Crippen MR) is 116 cm³/mol. The third kappa shape index (κ3) is 6.78. The normalized spacial score (nSPS) is 14.6. The Balaban J connectivity index is 2.30. The Morgan fingerprint density at radius 3 is 2.03 bits per heavy atom. The highest BCUT2D eigenvalue weighted by molar-refractivity contribution is 5.98. The van der Waals surface area contributed by atoms with Crippen molar-refractivity contribution in [3.05, 3.63) is 71.3 Å². The van der Waals surface area contributed by atoms with Gasteiger partial charge in [0.2, 0.25) is 0 Å². The van der Waals surface area contributed by atoms with E-state index >= 15 is 0 Å². The van der Waals surface area contributed by atoms with Crippen LogP contribution in [-0.4, -0.2) is 24.5 Å². The van der Waals surface area contributed by atoms with Gasteiger partial charge in [-0.25, -0.2) is 9.78 Å². The van der Waals surface area contributed by atoms with Gasteiger partial charge in [-0.05, 0) is 46.6 Å². The van der Waals surface area contributed by atoms with Gasteiger partial charge in [-0.15, -0.1) is 0 Å². The molecule has 2 atom stereocenters. The smallest absolute Gasteiger partial charge is 0.309 e. The van der Waals surface area contributed by atoms with Crippen molar-refractivity contribution in [2.45, 2.75) is 58.7 Å². The van der Waals surface area contributed by atoms with Crippen LogP contribution in [0, 0.1) is 12.8 Å². The number of aryl methyl sites for hydroxylation is 1. The third-order valence-electron chi connectivity index (χ3n) is 4.84. The summed E-state index contributed by atoms with van der Waals surface area (Å²) in [4.78, 5) is 36.9. The number of hydrogen-bond acceptors (Lipinski definition) is 5. The number of carbonyl (C=O) groups is 2. The first kappa shape index (κ1) is 23.8. The van der Waals surface area contributed by atoms with Crippen LogP contribution >= 0.6 is 0 Å².